The number of rotatable bonds is 6. The molecule has 0 N–H and O–H groups in total. The van der Waals surface area contributed by atoms with Crippen LogP contribution < -0.4 is 4.90 Å². The van der Waals surface area contributed by atoms with Crippen molar-refractivity contribution in [3.05, 3.63) is 42.8 Å². The minimum Gasteiger partial charge on any atom is -0.339 e. The van der Waals surface area contributed by atoms with E-state index in [1.54, 1.807) is 42.8 Å². The summed E-state index contributed by atoms with van der Waals surface area (Å²) < 4.78 is 0. The lowest BCUT2D eigenvalue weighted by atomic mass is 9.95. The molecular weight excluding hydrogens is 384 g/mol. The maximum Gasteiger partial charge on any atom is 0.350 e. The molecule has 1 fully saturated rings. The lowest BCUT2D eigenvalue weighted by Gasteiger charge is -2.34. The summed E-state index contributed by atoms with van der Waals surface area (Å²) in [5.41, 5.74) is 0.499. The molecule has 1 aliphatic carbocycles. The maximum atomic E-state index is 12.5. The van der Waals surface area contributed by atoms with E-state index in [4.69, 9.17) is 0 Å². The minimum atomic E-state index is -0.517. The Morgan fingerprint density at radius 3 is 2.57 bits per heavy atom. The largest absolute Gasteiger partial charge is 0.350 e. The molecular formula is C21H24N6O3. The summed E-state index contributed by atoms with van der Waals surface area (Å²) in [4.78, 5) is 54.8. The second kappa shape index (κ2) is 8.98. The van der Waals surface area contributed by atoms with Gasteiger partial charge in [0, 0.05) is 51.5 Å². The van der Waals surface area contributed by atoms with E-state index in [0.717, 1.165) is 0 Å². The Morgan fingerprint density at radius 2 is 1.80 bits per heavy atom. The fourth-order valence-electron chi connectivity index (χ4n) is 3.80. The highest BCUT2D eigenvalue weighted by Crippen LogP contribution is 2.20. The van der Waals surface area contributed by atoms with Crippen molar-refractivity contribution in [1.82, 2.24) is 19.8 Å². The van der Waals surface area contributed by atoms with Gasteiger partial charge in [-0.25, -0.2) is 14.8 Å². The van der Waals surface area contributed by atoms with Crippen molar-refractivity contribution in [2.24, 2.45) is 10.9 Å². The smallest absolute Gasteiger partial charge is 0.339 e. The van der Waals surface area contributed by atoms with Gasteiger partial charge < -0.3 is 9.80 Å². The molecule has 0 bridgehead atoms. The van der Waals surface area contributed by atoms with E-state index in [-0.39, 0.29) is 18.4 Å². The predicted octanol–water partition coefficient (Wildman–Crippen LogP) is 1.44. The summed E-state index contributed by atoms with van der Waals surface area (Å²) in [6.07, 6.45) is 12.0. The summed E-state index contributed by atoms with van der Waals surface area (Å²) in [7, 11) is 0. The molecule has 0 saturated carbocycles. The first-order valence-corrected chi connectivity index (χ1v) is 10.2. The summed E-state index contributed by atoms with van der Waals surface area (Å²) in [6.45, 7) is 2.97. The van der Waals surface area contributed by atoms with Gasteiger partial charge in [-0.05, 0) is 25.0 Å². The molecule has 0 spiro atoms. The molecule has 1 atom stereocenters. The number of imide groups is 1. The van der Waals surface area contributed by atoms with Crippen molar-refractivity contribution in [3.63, 3.8) is 0 Å². The molecule has 3 heterocycles. The zero-order valence-corrected chi connectivity index (χ0v) is 16.7. The number of aliphatic imine (C=N–C) groups is 1. The Hall–Kier alpha value is -3.36. The van der Waals surface area contributed by atoms with Crippen LogP contribution in [-0.2, 0) is 9.59 Å². The average molecular weight is 408 g/mol. The number of unbranched alkanes of at least 4 members (excludes halogenated alkanes) is 1. The second-order valence-corrected chi connectivity index (χ2v) is 7.40. The molecule has 2 aliphatic heterocycles. The van der Waals surface area contributed by atoms with Crippen LogP contribution in [0, 0.1) is 5.92 Å². The summed E-state index contributed by atoms with van der Waals surface area (Å²) in [5.74, 6) is 0.0746. The van der Waals surface area contributed by atoms with E-state index >= 15 is 0 Å². The van der Waals surface area contributed by atoms with Crippen LogP contribution in [0.2, 0.25) is 0 Å². The number of hydrogen-bond donors (Lipinski definition) is 0. The van der Waals surface area contributed by atoms with Crippen LogP contribution in [0.4, 0.5) is 10.7 Å². The summed E-state index contributed by atoms with van der Waals surface area (Å²) in [6, 6.07) is 1.26. The normalized spacial score (nSPS) is 21.0. The van der Waals surface area contributed by atoms with Gasteiger partial charge in [-0.2, -0.15) is 4.99 Å². The third-order valence-electron chi connectivity index (χ3n) is 5.48. The number of fused-ring (bicyclic) bond motifs is 1. The van der Waals surface area contributed by atoms with Crippen LogP contribution in [-0.4, -0.2) is 76.0 Å². The van der Waals surface area contributed by atoms with Crippen molar-refractivity contribution < 1.29 is 14.4 Å². The fraction of sp³-hybridized carbons (Fsp3) is 0.429. The van der Waals surface area contributed by atoms with Crippen molar-refractivity contribution in [2.45, 2.75) is 19.3 Å². The number of anilines is 1. The predicted molar refractivity (Wildman–Crippen MR) is 111 cm³/mol. The summed E-state index contributed by atoms with van der Waals surface area (Å²) in [5, 5.41) is 0. The van der Waals surface area contributed by atoms with E-state index in [0.29, 0.717) is 57.1 Å². The SMILES string of the molecule is O=C(CCCCN1C(=O)N=C2C=CC=CC2C1=O)N1CCN(c2ncccn2)CC1. The maximum absolute atomic E-state index is 12.5. The molecule has 3 aliphatic rings. The van der Waals surface area contributed by atoms with Crippen molar-refractivity contribution in [3.8, 4) is 0 Å². The van der Waals surface area contributed by atoms with Gasteiger partial charge in [0.05, 0.1) is 11.6 Å². The molecule has 4 rings (SSSR count). The molecule has 9 nitrogen and oxygen atoms in total. The Labute approximate surface area is 174 Å². The third-order valence-corrected chi connectivity index (χ3v) is 5.48. The van der Waals surface area contributed by atoms with Gasteiger partial charge in [0.15, 0.2) is 0 Å². The number of piperazine rings is 1. The van der Waals surface area contributed by atoms with Crippen LogP contribution in [0.1, 0.15) is 19.3 Å². The van der Waals surface area contributed by atoms with Gasteiger partial charge in [0.2, 0.25) is 17.8 Å². The van der Waals surface area contributed by atoms with Crippen LogP contribution in [0.3, 0.4) is 0 Å². The average Bonchev–Trinajstić information content (AvgIpc) is 2.79. The molecule has 1 aromatic heterocycles. The monoisotopic (exact) mass is 408 g/mol. The van der Waals surface area contributed by atoms with E-state index in [2.05, 4.69) is 19.9 Å². The highest BCUT2D eigenvalue weighted by atomic mass is 16.2. The number of aromatic nitrogens is 2. The van der Waals surface area contributed by atoms with E-state index in [1.165, 1.54) is 4.90 Å². The standard InChI is InChI=1S/C21H24N6O3/c28-18(25-12-14-26(15-13-25)20-22-9-5-10-23-20)8-3-4-11-27-19(29)16-6-1-2-7-17(16)24-21(27)30/h1-2,5-7,9-10,16H,3-4,8,11-15H2. The van der Waals surface area contributed by atoms with Crippen LogP contribution in [0.5, 0.6) is 0 Å². The van der Waals surface area contributed by atoms with E-state index < -0.39 is 11.9 Å². The highest BCUT2D eigenvalue weighted by Gasteiger charge is 2.35. The zero-order chi connectivity index (χ0) is 20.9. The van der Waals surface area contributed by atoms with Gasteiger partial charge in [-0.15, -0.1) is 0 Å². The van der Waals surface area contributed by atoms with Crippen LogP contribution >= 0.6 is 0 Å². The third kappa shape index (κ3) is 4.29. The fourth-order valence-corrected chi connectivity index (χ4v) is 3.80. The number of allylic oxidation sites excluding steroid dienone is 3. The Balaban J connectivity index is 1.20. The number of carbonyl (C=O) groups excluding carboxylic acids is 3. The first-order valence-electron chi connectivity index (χ1n) is 10.2. The molecule has 9 heteroatoms. The summed E-state index contributed by atoms with van der Waals surface area (Å²) >= 11 is 0. The number of carbonyl (C=O) groups is 3. The second-order valence-electron chi connectivity index (χ2n) is 7.40. The van der Waals surface area contributed by atoms with Crippen molar-refractivity contribution >= 4 is 29.5 Å². The van der Waals surface area contributed by atoms with Crippen molar-refractivity contribution in [2.75, 3.05) is 37.6 Å². The molecule has 0 aromatic carbocycles. The molecule has 1 unspecified atom stereocenters. The van der Waals surface area contributed by atoms with Gasteiger partial charge >= 0.3 is 6.03 Å². The number of amides is 4. The van der Waals surface area contributed by atoms with Crippen LogP contribution in [0.15, 0.2) is 47.8 Å². The molecule has 4 amide bonds. The van der Waals surface area contributed by atoms with Gasteiger partial charge in [0.25, 0.3) is 0 Å². The number of urea groups is 1. The molecule has 1 saturated heterocycles. The van der Waals surface area contributed by atoms with Crippen LogP contribution in [0.25, 0.3) is 0 Å². The topological polar surface area (TPSA) is 99.1 Å². The first-order chi connectivity index (χ1) is 14.6. The highest BCUT2D eigenvalue weighted by molar-refractivity contribution is 6.21. The lowest BCUT2D eigenvalue weighted by Crippen LogP contribution is -2.49. The van der Waals surface area contributed by atoms with Gasteiger partial charge in [-0.1, -0.05) is 18.2 Å². The molecule has 156 valence electrons. The number of nitrogens with zero attached hydrogens (tertiary/aromatic N) is 6. The zero-order valence-electron chi connectivity index (χ0n) is 16.7. The minimum absolute atomic E-state index is 0.0978. The Bertz CT molecular complexity index is 903. The molecule has 1 aromatic rings. The lowest BCUT2D eigenvalue weighted by molar-refractivity contribution is -0.131. The molecule has 0 radical (unpaired) electrons. The Morgan fingerprint density at radius 1 is 1.03 bits per heavy atom. The Kier molecular flexibility index (Phi) is 5.97. The van der Waals surface area contributed by atoms with Gasteiger partial charge in [0.1, 0.15) is 0 Å². The number of hydrogen-bond acceptors (Lipinski definition) is 6. The van der Waals surface area contributed by atoms with E-state index in [1.807, 2.05) is 4.90 Å². The quantitative estimate of drug-likeness (QED) is 0.661. The van der Waals surface area contributed by atoms with Gasteiger partial charge in [-0.3, -0.25) is 14.5 Å². The first kappa shape index (κ1) is 19.9. The van der Waals surface area contributed by atoms with Crippen molar-refractivity contribution in [1.29, 1.82) is 0 Å². The van der Waals surface area contributed by atoms with E-state index in [9.17, 15) is 14.4 Å². The molecule has 30 heavy (non-hydrogen) atoms.